The van der Waals surface area contributed by atoms with Gasteiger partial charge in [-0.3, -0.25) is 0 Å². The predicted octanol–water partition coefficient (Wildman–Crippen LogP) is 12.3. The molecule has 43 heavy (non-hydrogen) atoms. The second-order valence-electron chi connectivity index (χ2n) is 12.4. The number of hydrogen-bond acceptors (Lipinski definition) is 0. The summed E-state index contributed by atoms with van der Waals surface area (Å²) in [5.74, 6) is 1.61. The zero-order valence-electron chi connectivity index (χ0n) is 24.3. The van der Waals surface area contributed by atoms with Crippen molar-refractivity contribution in [2.75, 3.05) is 0 Å². The van der Waals surface area contributed by atoms with Crippen LogP contribution >= 0.6 is 0 Å². The Kier molecular flexibility index (Phi) is 5.47. The monoisotopic (exact) mass is 548 g/mol. The van der Waals surface area contributed by atoms with Crippen molar-refractivity contribution in [2.24, 2.45) is 5.92 Å². The van der Waals surface area contributed by atoms with Gasteiger partial charge in [0, 0.05) is 0 Å². The minimum atomic E-state index is 0.744. The molecule has 2 unspecified atom stereocenters. The number of rotatable bonds is 4. The molecule has 0 amide bonds. The van der Waals surface area contributed by atoms with Crippen molar-refractivity contribution in [3.63, 3.8) is 0 Å². The highest BCUT2D eigenvalue weighted by atomic mass is 14.4. The van der Waals surface area contributed by atoms with E-state index in [0.717, 1.165) is 11.8 Å². The van der Waals surface area contributed by atoms with Crippen LogP contribution in [0.3, 0.4) is 0 Å². The number of hydrogen-bond donors (Lipinski definition) is 0. The van der Waals surface area contributed by atoms with Crippen molar-refractivity contribution in [2.45, 2.75) is 25.7 Å². The van der Waals surface area contributed by atoms with Crippen LogP contribution in [0, 0.1) is 5.92 Å². The minimum absolute atomic E-state index is 0.744. The molecule has 0 aliphatic heterocycles. The Morgan fingerprint density at radius 1 is 0.465 bits per heavy atom. The molecule has 0 nitrogen and oxygen atoms in total. The van der Waals surface area contributed by atoms with Crippen LogP contribution in [0.5, 0.6) is 0 Å². The molecule has 0 heteroatoms. The summed E-state index contributed by atoms with van der Waals surface area (Å²) in [6.45, 7) is 2.32. The van der Waals surface area contributed by atoms with Gasteiger partial charge in [-0.1, -0.05) is 135 Å². The topological polar surface area (TPSA) is 0 Å². The Morgan fingerprint density at radius 3 is 1.60 bits per heavy atom. The van der Waals surface area contributed by atoms with Gasteiger partial charge in [-0.25, -0.2) is 0 Å². The molecule has 9 rings (SSSR count). The summed E-state index contributed by atoms with van der Waals surface area (Å²) < 4.78 is 0. The fourth-order valence-corrected chi connectivity index (χ4v) is 7.74. The van der Waals surface area contributed by atoms with E-state index < -0.39 is 0 Å². The third-order valence-electron chi connectivity index (χ3n) is 10.0. The lowest BCUT2D eigenvalue weighted by Gasteiger charge is -2.20. The van der Waals surface area contributed by atoms with Crippen molar-refractivity contribution < 1.29 is 0 Å². The summed E-state index contributed by atoms with van der Waals surface area (Å²) in [6.07, 6.45) is 2.62. The highest BCUT2D eigenvalue weighted by molar-refractivity contribution is 6.26. The molecule has 8 aromatic carbocycles. The molecule has 2 atom stereocenters. The van der Waals surface area contributed by atoms with E-state index in [2.05, 4.69) is 146 Å². The molecule has 1 fully saturated rings. The maximum Gasteiger partial charge on any atom is -0.00199 e. The third kappa shape index (κ3) is 3.83. The summed E-state index contributed by atoms with van der Waals surface area (Å²) in [6, 6.07) is 52.4. The fourth-order valence-electron chi connectivity index (χ4n) is 7.74. The standard InChI is InChI=1S/C43H32/c1-2-27-24-39(27)28-19-21-29(22-20-28)42-35-15-7-9-17-37(35)43(38-18-10-8-16-36(38)42)41-26-32-23-30-11-3-4-12-31(30)25-40(32)33-13-5-6-14-34(33)41/h3-23,25-27,39H,2,24H2,1H3. The van der Waals surface area contributed by atoms with Gasteiger partial charge in [-0.15, -0.1) is 0 Å². The van der Waals surface area contributed by atoms with Gasteiger partial charge in [-0.05, 0) is 118 Å². The average Bonchev–Trinajstić information content (AvgIpc) is 3.86. The molecule has 1 saturated carbocycles. The van der Waals surface area contributed by atoms with Crippen LogP contribution in [0.4, 0.5) is 0 Å². The molecular formula is C43H32. The second-order valence-corrected chi connectivity index (χ2v) is 12.4. The van der Waals surface area contributed by atoms with Gasteiger partial charge in [0.25, 0.3) is 0 Å². The van der Waals surface area contributed by atoms with Crippen LogP contribution in [0.15, 0.2) is 140 Å². The molecule has 8 aromatic rings. The van der Waals surface area contributed by atoms with Gasteiger partial charge < -0.3 is 0 Å². The van der Waals surface area contributed by atoms with E-state index in [4.69, 9.17) is 0 Å². The Balaban J connectivity index is 1.36. The largest absolute Gasteiger partial charge is 0.0651 e. The van der Waals surface area contributed by atoms with E-state index in [1.807, 2.05) is 0 Å². The Morgan fingerprint density at radius 2 is 1.00 bits per heavy atom. The first kappa shape index (κ1) is 24.6. The highest BCUT2D eigenvalue weighted by Crippen LogP contribution is 2.50. The van der Waals surface area contributed by atoms with Crippen molar-refractivity contribution in [3.05, 3.63) is 145 Å². The van der Waals surface area contributed by atoms with Crippen LogP contribution in [0.2, 0.25) is 0 Å². The quantitative estimate of drug-likeness (QED) is 0.152. The average molecular weight is 549 g/mol. The molecule has 1 aliphatic rings. The third-order valence-corrected chi connectivity index (χ3v) is 10.0. The molecule has 0 aromatic heterocycles. The lowest BCUT2D eigenvalue weighted by molar-refractivity contribution is 0.766. The maximum absolute atomic E-state index is 2.44. The smallest absolute Gasteiger partial charge is 0.00199 e. The maximum atomic E-state index is 2.44. The fraction of sp³-hybridized carbons (Fsp3) is 0.116. The van der Waals surface area contributed by atoms with Crippen molar-refractivity contribution in [1.29, 1.82) is 0 Å². The zero-order valence-corrected chi connectivity index (χ0v) is 24.3. The van der Waals surface area contributed by atoms with Gasteiger partial charge in [-0.2, -0.15) is 0 Å². The summed E-state index contributed by atoms with van der Waals surface area (Å²) in [7, 11) is 0. The van der Waals surface area contributed by atoms with Gasteiger partial charge in [0.2, 0.25) is 0 Å². The molecule has 1 aliphatic carbocycles. The SMILES string of the molecule is CCC1CC1c1ccc(-c2c3ccccc3c(-c3cc4cc5ccccc5cc4c4ccccc34)c3ccccc23)cc1. The van der Waals surface area contributed by atoms with Crippen molar-refractivity contribution in [1.82, 2.24) is 0 Å². The first-order valence-corrected chi connectivity index (χ1v) is 15.7. The van der Waals surface area contributed by atoms with Gasteiger partial charge in [0.05, 0.1) is 0 Å². The van der Waals surface area contributed by atoms with Crippen LogP contribution in [0.1, 0.15) is 31.2 Å². The van der Waals surface area contributed by atoms with E-state index >= 15 is 0 Å². The minimum Gasteiger partial charge on any atom is -0.0651 e. The predicted molar refractivity (Wildman–Crippen MR) is 186 cm³/mol. The normalized spacial score (nSPS) is 16.5. The molecule has 0 N–H and O–H groups in total. The summed E-state index contributed by atoms with van der Waals surface area (Å²) in [5, 5.41) is 13.0. The van der Waals surface area contributed by atoms with Crippen molar-refractivity contribution in [3.8, 4) is 22.3 Å². The summed E-state index contributed by atoms with van der Waals surface area (Å²) in [5.41, 5.74) is 6.75. The molecule has 0 bridgehead atoms. The number of benzene rings is 8. The first-order chi connectivity index (χ1) is 21.3. The Hall–Kier alpha value is -4.94. The van der Waals surface area contributed by atoms with E-state index in [1.54, 1.807) is 0 Å². The van der Waals surface area contributed by atoms with Crippen LogP contribution < -0.4 is 0 Å². The summed E-state index contributed by atoms with van der Waals surface area (Å²) in [4.78, 5) is 0. The highest BCUT2D eigenvalue weighted by Gasteiger charge is 2.36. The molecule has 204 valence electrons. The summed E-state index contributed by atoms with van der Waals surface area (Å²) >= 11 is 0. The van der Waals surface area contributed by atoms with Crippen molar-refractivity contribution >= 4 is 53.9 Å². The Labute approximate surface area is 252 Å². The molecule has 0 heterocycles. The van der Waals surface area contributed by atoms with E-state index in [-0.39, 0.29) is 0 Å². The van der Waals surface area contributed by atoms with Gasteiger partial charge >= 0.3 is 0 Å². The zero-order chi connectivity index (χ0) is 28.5. The van der Waals surface area contributed by atoms with E-state index in [0.29, 0.717) is 0 Å². The van der Waals surface area contributed by atoms with Crippen LogP contribution in [-0.2, 0) is 0 Å². The van der Waals surface area contributed by atoms with Gasteiger partial charge in [0.1, 0.15) is 0 Å². The number of fused-ring (bicyclic) bond motifs is 6. The lowest BCUT2D eigenvalue weighted by Crippen LogP contribution is -1.92. The van der Waals surface area contributed by atoms with Gasteiger partial charge in [0.15, 0.2) is 0 Å². The van der Waals surface area contributed by atoms with E-state index in [9.17, 15) is 0 Å². The lowest BCUT2D eigenvalue weighted by atomic mass is 9.83. The van der Waals surface area contributed by atoms with Crippen LogP contribution in [-0.4, -0.2) is 0 Å². The molecular weight excluding hydrogens is 516 g/mol. The second kappa shape index (κ2) is 9.54. The molecule has 0 radical (unpaired) electrons. The first-order valence-electron chi connectivity index (χ1n) is 15.7. The van der Waals surface area contributed by atoms with E-state index in [1.165, 1.54) is 94.5 Å². The van der Waals surface area contributed by atoms with Crippen LogP contribution in [0.25, 0.3) is 76.1 Å². The molecule has 0 spiro atoms. The molecule has 0 saturated heterocycles. The Bertz CT molecular complexity index is 2300.